The normalized spacial score (nSPS) is 10.0. The maximum absolute atomic E-state index is 12.0. The van der Waals surface area contributed by atoms with Crippen molar-refractivity contribution in [3.63, 3.8) is 0 Å². The third kappa shape index (κ3) is 4.74. The van der Waals surface area contributed by atoms with Gasteiger partial charge in [-0.25, -0.2) is 4.79 Å². The van der Waals surface area contributed by atoms with Gasteiger partial charge in [-0.05, 0) is 24.3 Å². The molecule has 0 aliphatic rings. The second kappa shape index (κ2) is 8.03. The molecule has 134 valence electrons. The molecular formula is C15H10ClN3O7. The zero-order chi connectivity index (χ0) is 19.3. The van der Waals surface area contributed by atoms with E-state index < -0.39 is 34.0 Å². The van der Waals surface area contributed by atoms with Gasteiger partial charge in [0.15, 0.2) is 6.61 Å². The Hall–Kier alpha value is -3.53. The van der Waals surface area contributed by atoms with Crippen molar-refractivity contribution in [1.82, 2.24) is 0 Å². The molecule has 0 fully saturated rings. The molecule has 2 aromatic carbocycles. The second-order valence-corrected chi connectivity index (χ2v) is 5.28. The maximum atomic E-state index is 12.0. The highest BCUT2D eigenvalue weighted by molar-refractivity contribution is 6.31. The fourth-order valence-electron chi connectivity index (χ4n) is 1.90. The number of nitrogens with zero attached hydrogens (tertiary/aromatic N) is 2. The Morgan fingerprint density at radius 3 is 2.27 bits per heavy atom. The van der Waals surface area contributed by atoms with Crippen LogP contribution in [0.4, 0.5) is 17.1 Å². The number of ether oxygens (including phenoxy) is 1. The van der Waals surface area contributed by atoms with Gasteiger partial charge in [-0.15, -0.1) is 0 Å². The highest BCUT2D eigenvalue weighted by Crippen LogP contribution is 2.23. The van der Waals surface area contributed by atoms with Crippen molar-refractivity contribution in [3.8, 4) is 0 Å². The third-order valence-corrected chi connectivity index (χ3v) is 3.31. The van der Waals surface area contributed by atoms with Gasteiger partial charge in [0.05, 0.1) is 9.85 Å². The van der Waals surface area contributed by atoms with E-state index in [0.717, 1.165) is 12.1 Å². The SMILES string of the molecule is O=C(COC(=O)c1cc(Cl)ccc1[N+](=O)[O-])Nc1ccc([N+](=O)[O-])cc1. The first kappa shape index (κ1) is 18.8. The molecule has 10 nitrogen and oxygen atoms in total. The average Bonchev–Trinajstić information content (AvgIpc) is 2.59. The number of hydrogen-bond acceptors (Lipinski definition) is 7. The van der Waals surface area contributed by atoms with Crippen LogP contribution in [-0.2, 0) is 9.53 Å². The lowest BCUT2D eigenvalue weighted by molar-refractivity contribution is -0.385. The number of non-ortho nitro benzene ring substituents is 1. The van der Waals surface area contributed by atoms with Crippen LogP contribution < -0.4 is 5.32 Å². The second-order valence-electron chi connectivity index (χ2n) is 4.85. The molecule has 1 amide bonds. The van der Waals surface area contributed by atoms with Gasteiger partial charge in [-0.3, -0.25) is 25.0 Å². The van der Waals surface area contributed by atoms with Crippen LogP contribution in [-0.4, -0.2) is 28.3 Å². The lowest BCUT2D eigenvalue weighted by Gasteiger charge is -2.07. The van der Waals surface area contributed by atoms with Gasteiger partial charge in [-0.1, -0.05) is 11.6 Å². The number of esters is 1. The summed E-state index contributed by atoms with van der Waals surface area (Å²) in [7, 11) is 0. The monoisotopic (exact) mass is 379 g/mol. The number of nitro benzene ring substituents is 2. The Balaban J connectivity index is 1.99. The Labute approximate surface area is 150 Å². The van der Waals surface area contributed by atoms with Gasteiger partial charge in [-0.2, -0.15) is 0 Å². The van der Waals surface area contributed by atoms with Crippen LogP contribution in [0.15, 0.2) is 42.5 Å². The number of nitro groups is 2. The van der Waals surface area contributed by atoms with Crippen molar-refractivity contribution in [1.29, 1.82) is 0 Å². The molecule has 0 saturated carbocycles. The predicted octanol–water partition coefficient (Wildman–Crippen LogP) is 2.95. The number of nitrogens with one attached hydrogen (secondary N) is 1. The summed E-state index contributed by atoms with van der Waals surface area (Å²) in [6.07, 6.45) is 0. The van der Waals surface area contributed by atoms with E-state index in [0.29, 0.717) is 0 Å². The molecule has 0 heterocycles. The fraction of sp³-hybridized carbons (Fsp3) is 0.0667. The largest absolute Gasteiger partial charge is 0.452 e. The molecule has 2 aromatic rings. The molecule has 0 bridgehead atoms. The first-order chi connectivity index (χ1) is 12.3. The number of amides is 1. The van der Waals surface area contributed by atoms with E-state index in [4.69, 9.17) is 16.3 Å². The Kier molecular flexibility index (Phi) is 5.81. The van der Waals surface area contributed by atoms with Crippen LogP contribution in [0, 0.1) is 20.2 Å². The van der Waals surface area contributed by atoms with Crippen LogP contribution in [0.5, 0.6) is 0 Å². The Bertz CT molecular complexity index is 883. The molecule has 1 N–H and O–H groups in total. The third-order valence-electron chi connectivity index (χ3n) is 3.07. The Morgan fingerprint density at radius 2 is 1.69 bits per heavy atom. The van der Waals surface area contributed by atoms with Crippen LogP contribution in [0.1, 0.15) is 10.4 Å². The van der Waals surface area contributed by atoms with Gasteiger partial charge >= 0.3 is 5.97 Å². The van der Waals surface area contributed by atoms with Crippen molar-refractivity contribution in [2.45, 2.75) is 0 Å². The van der Waals surface area contributed by atoms with E-state index in [1.165, 1.54) is 30.3 Å². The minimum Gasteiger partial charge on any atom is -0.452 e. The number of benzene rings is 2. The standard InChI is InChI=1S/C15H10ClN3O7/c16-9-1-6-13(19(24)25)12(7-9)15(21)26-8-14(20)17-10-2-4-11(5-3-10)18(22)23/h1-7H,8H2,(H,17,20). The molecule has 26 heavy (non-hydrogen) atoms. The molecule has 2 rings (SSSR count). The Morgan fingerprint density at radius 1 is 1.04 bits per heavy atom. The first-order valence-corrected chi connectivity index (χ1v) is 7.31. The lowest BCUT2D eigenvalue weighted by Crippen LogP contribution is -2.21. The summed E-state index contributed by atoms with van der Waals surface area (Å²) >= 11 is 5.71. The summed E-state index contributed by atoms with van der Waals surface area (Å²) in [5.74, 6) is -1.81. The van der Waals surface area contributed by atoms with Crippen molar-refractivity contribution in [3.05, 3.63) is 73.3 Å². The molecule has 0 saturated heterocycles. The van der Waals surface area contributed by atoms with Crippen molar-refractivity contribution >= 4 is 40.5 Å². The molecule has 0 unspecified atom stereocenters. The number of carbonyl (C=O) groups is 2. The lowest BCUT2D eigenvalue weighted by atomic mass is 10.2. The number of anilines is 1. The molecule has 11 heteroatoms. The van der Waals surface area contributed by atoms with Gasteiger partial charge in [0.2, 0.25) is 0 Å². The summed E-state index contributed by atoms with van der Waals surface area (Å²) in [4.78, 5) is 43.8. The van der Waals surface area contributed by atoms with Crippen LogP contribution in [0.25, 0.3) is 0 Å². The van der Waals surface area contributed by atoms with E-state index in [1.807, 2.05) is 0 Å². The molecule has 0 radical (unpaired) electrons. The number of halogens is 1. The van der Waals surface area contributed by atoms with E-state index in [2.05, 4.69) is 5.32 Å². The smallest absolute Gasteiger partial charge is 0.345 e. The molecule has 0 spiro atoms. The van der Waals surface area contributed by atoms with Crippen molar-refractivity contribution in [2.24, 2.45) is 0 Å². The van der Waals surface area contributed by atoms with Gasteiger partial charge < -0.3 is 10.1 Å². The van der Waals surface area contributed by atoms with E-state index in [1.54, 1.807) is 0 Å². The number of carbonyl (C=O) groups excluding carboxylic acids is 2. The predicted molar refractivity (Wildman–Crippen MR) is 90.1 cm³/mol. The zero-order valence-electron chi connectivity index (χ0n) is 12.9. The van der Waals surface area contributed by atoms with Gasteiger partial charge in [0.1, 0.15) is 5.56 Å². The molecular weight excluding hydrogens is 370 g/mol. The van der Waals surface area contributed by atoms with E-state index in [-0.39, 0.29) is 22.0 Å². The number of hydrogen-bond donors (Lipinski definition) is 1. The minimum absolute atomic E-state index is 0.0953. The van der Waals surface area contributed by atoms with Gasteiger partial charge in [0, 0.05) is 28.9 Å². The zero-order valence-corrected chi connectivity index (χ0v) is 13.6. The highest BCUT2D eigenvalue weighted by Gasteiger charge is 2.22. The molecule has 0 atom stereocenters. The van der Waals surface area contributed by atoms with Crippen LogP contribution in [0.3, 0.4) is 0 Å². The average molecular weight is 380 g/mol. The van der Waals surface area contributed by atoms with E-state index >= 15 is 0 Å². The van der Waals surface area contributed by atoms with Crippen molar-refractivity contribution < 1.29 is 24.2 Å². The summed E-state index contributed by atoms with van der Waals surface area (Å²) in [6, 6.07) is 8.36. The van der Waals surface area contributed by atoms with E-state index in [9.17, 15) is 29.8 Å². The minimum atomic E-state index is -1.09. The molecule has 0 aliphatic heterocycles. The summed E-state index contributed by atoms with van der Waals surface area (Å²) in [6.45, 7) is -0.709. The number of rotatable bonds is 6. The van der Waals surface area contributed by atoms with Gasteiger partial charge in [0.25, 0.3) is 17.3 Å². The topological polar surface area (TPSA) is 142 Å². The summed E-state index contributed by atoms with van der Waals surface area (Å²) in [5.41, 5.74) is -0.783. The highest BCUT2D eigenvalue weighted by atomic mass is 35.5. The maximum Gasteiger partial charge on any atom is 0.345 e. The summed E-state index contributed by atoms with van der Waals surface area (Å²) in [5, 5.41) is 23.9. The van der Waals surface area contributed by atoms with Crippen molar-refractivity contribution in [2.75, 3.05) is 11.9 Å². The first-order valence-electron chi connectivity index (χ1n) is 6.93. The molecule has 0 aliphatic carbocycles. The quantitative estimate of drug-likeness (QED) is 0.461. The fourth-order valence-corrected chi connectivity index (χ4v) is 2.08. The molecule has 0 aromatic heterocycles. The van der Waals surface area contributed by atoms with Crippen LogP contribution in [0.2, 0.25) is 5.02 Å². The van der Waals surface area contributed by atoms with Crippen LogP contribution >= 0.6 is 11.6 Å². The summed E-state index contributed by atoms with van der Waals surface area (Å²) < 4.78 is 4.75.